The average molecular weight is 275 g/mol. The molecule has 1 heterocycles. The molecule has 0 spiro atoms. The first kappa shape index (κ1) is 11.8. The van der Waals surface area contributed by atoms with E-state index in [1.54, 1.807) is 0 Å². The van der Waals surface area contributed by atoms with Gasteiger partial charge in [-0.1, -0.05) is 41.6 Å². The molecule has 18 heavy (non-hydrogen) atoms. The first-order valence-corrected chi connectivity index (χ1v) is 7.20. The van der Waals surface area contributed by atoms with Crippen molar-refractivity contribution in [2.45, 2.75) is 11.8 Å². The number of nitrogens with zero attached hydrogens (tertiary/aromatic N) is 1. The highest BCUT2D eigenvalue weighted by Crippen LogP contribution is 2.31. The third kappa shape index (κ3) is 2.18. The molecule has 0 radical (unpaired) electrons. The number of hydrogen-bond acceptors (Lipinski definition) is 1. The van der Waals surface area contributed by atoms with Gasteiger partial charge in [0.2, 0.25) is 5.69 Å². The zero-order chi connectivity index (χ0) is 12.5. The van der Waals surface area contributed by atoms with Crippen molar-refractivity contribution in [1.29, 1.82) is 0 Å². The van der Waals surface area contributed by atoms with E-state index < -0.39 is 0 Å². The minimum Gasteiger partial charge on any atom is -0.188 e. The zero-order valence-electron chi connectivity index (χ0n) is 10.1. The Morgan fingerprint density at radius 1 is 1.17 bits per heavy atom. The molecule has 2 aromatic carbocycles. The molecule has 0 amide bonds. The van der Waals surface area contributed by atoms with Crippen LogP contribution < -0.4 is 0 Å². The minimum absolute atomic E-state index is 0.779. The van der Waals surface area contributed by atoms with Gasteiger partial charge in [0.05, 0.1) is 5.56 Å². The number of rotatable bonds is 1. The third-order valence-electron chi connectivity index (χ3n) is 3.03. The molecule has 0 aromatic heterocycles. The molecule has 1 aliphatic rings. The highest BCUT2D eigenvalue weighted by atomic mass is 35.5. The molecule has 0 aliphatic carbocycles. The minimum atomic E-state index is 0.779. The lowest BCUT2D eigenvalue weighted by atomic mass is 10.1. The molecule has 0 bridgehead atoms. The number of aryl methyl sites for hydroxylation is 1. The van der Waals surface area contributed by atoms with Gasteiger partial charge in [0.1, 0.15) is 0 Å². The van der Waals surface area contributed by atoms with Gasteiger partial charge in [-0.25, -0.2) is 0 Å². The van der Waals surface area contributed by atoms with Crippen molar-refractivity contribution in [2.24, 2.45) is 0 Å². The van der Waals surface area contributed by atoms with Crippen molar-refractivity contribution in [3.63, 3.8) is 0 Å². The maximum atomic E-state index is 6.04. The summed E-state index contributed by atoms with van der Waals surface area (Å²) in [5, 5.41) is 0.779. The molecule has 1 aliphatic heterocycles. The molecule has 0 fully saturated rings. The van der Waals surface area contributed by atoms with Crippen molar-refractivity contribution < 1.29 is 4.58 Å². The molecule has 1 nitrogen and oxygen atoms in total. The van der Waals surface area contributed by atoms with E-state index in [-0.39, 0.29) is 0 Å². The molecule has 0 atom stereocenters. The van der Waals surface area contributed by atoms with Crippen LogP contribution >= 0.6 is 23.4 Å². The van der Waals surface area contributed by atoms with Gasteiger partial charge in [-0.05, 0) is 24.6 Å². The smallest absolute Gasteiger partial charge is 0.188 e. The molecular weight excluding hydrogens is 262 g/mol. The molecule has 3 heteroatoms. The highest BCUT2D eigenvalue weighted by Gasteiger charge is 2.19. The van der Waals surface area contributed by atoms with E-state index in [0.717, 1.165) is 16.6 Å². The summed E-state index contributed by atoms with van der Waals surface area (Å²) < 4.78 is 2.23. The molecule has 0 saturated heterocycles. The number of thioether (sulfide) groups is 1. The van der Waals surface area contributed by atoms with Crippen LogP contribution in [0.1, 0.15) is 11.1 Å². The Hall–Kier alpha value is -1.25. The first-order chi connectivity index (χ1) is 8.74. The van der Waals surface area contributed by atoms with Crippen molar-refractivity contribution >= 4 is 35.3 Å². The van der Waals surface area contributed by atoms with E-state index in [2.05, 4.69) is 42.0 Å². The van der Waals surface area contributed by atoms with E-state index in [0.29, 0.717) is 0 Å². The normalized spacial score (nSPS) is 14.0. The summed E-state index contributed by atoms with van der Waals surface area (Å²) in [5.41, 5.74) is 3.77. The third-order valence-corrected chi connectivity index (χ3v) is 4.51. The highest BCUT2D eigenvalue weighted by molar-refractivity contribution is 7.99. The average Bonchev–Trinajstić information content (AvgIpc) is 2.39. The summed E-state index contributed by atoms with van der Waals surface area (Å²) in [6.07, 6.45) is 2.20. The molecule has 3 rings (SSSR count). The summed E-state index contributed by atoms with van der Waals surface area (Å²) in [7, 11) is 0. The van der Waals surface area contributed by atoms with Crippen LogP contribution in [-0.4, -0.2) is 16.7 Å². The van der Waals surface area contributed by atoms with Crippen LogP contribution in [0, 0.1) is 6.92 Å². The Bertz CT molecular complexity index is 634. The summed E-state index contributed by atoms with van der Waals surface area (Å²) in [6.45, 7) is 2.16. The van der Waals surface area contributed by atoms with Gasteiger partial charge in [-0.3, -0.25) is 0 Å². The summed E-state index contributed by atoms with van der Waals surface area (Å²) in [5.74, 6) is 0.929. The Morgan fingerprint density at radius 3 is 2.83 bits per heavy atom. The quantitative estimate of drug-likeness (QED) is 0.693. The summed E-state index contributed by atoms with van der Waals surface area (Å²) in [4.78, 5) is 1.38. The monoisotopic (exact) mass is 274 g/mol. The number of fused-ring (bicyclic) bond motifs is 1. The SMILES string of the molecule is Cc1cccc2c1SC[N+](c1cccc(Cl)c1)=C2. The van der Waals surface area contributed by atoms with Gasteiger partial charge in [0.25, 0.3) is 0 Å². The van der Waals surface area contributed by atoms with E-state index in [4.69, 9.17) is 11.6 Å². The molecule has 0 saturated carbocycles. The first-order valence-electron chi connectivity index (χ1n) is 5.83. The van der Waals surface area contributed by atoms with Crippen molar-refractivity contribution in [3.8, 4) is 0 Å². The lowest BCUT2D eigenvalue weighted by molar-refractivity contribution is -0.411. The number of halogens is 1. The lowest BCUT2D eigenvalue weighted by Crippen LogP contribution is -2.13. The van der Waals surface area contributed by atoms with Crippen molar-refractivity contribution in [1.82, 2.24) is 0 Å². The number of benzene rings is 2. The van der Waals surface area contributed by atoms with Gasteiger partial charge < -0.3 is 0 Å². The number of hydrogen-bond donors (Lipinski definition) is 0. The molecule has 90 valence electrons. The topological polar surface area (TPSA) is 3.01 Å². The zero-order valence-corrected chi connectivity index (χ0v) is 11.6. The second-order valence-corrected chi connectivity index (χ2v) is 5.74. The standard InChI is InChI=1S/C15H13ClNS/c1-11-4-2-5-12-9-17(10-18-15(11)12)14-7-3-6-13(16)8-14/h2-9H,10H2,1H3/q+1. The fourth-order valence-electron chi connectivity index (χ4n) is 2.12. The van der Waals surface area contributed by atoms with Gasteiger partial charge in [0.15, 0.2) is 12.1 Å². The van der Waals surface area contributed by atoms with E-state index in [1.807, 2.05) is 30.0 Å². The van der Waals surface area contributed by atoms with Gasteiger partial charge in [-0.15, -0.1) is 0 Å². The summed E-state index contributed by atoms with van der Waals surface area (Å²) >= 11 is 7.92. The van der Waals surface area contributed by atoms with Crippen LogP contribution in [0.15, 0.2) is 47.4 Å². The van der Waals surface area contributed by atoms with Crippen LogP contribution in [0.25, 0.3) is 0 Å². The Morgan fingerprint density at radius 2 is 2.00 bits per heavy atom. The van der Waals surface area contributed by atoms with Crippen molar-refractivity contribution in [2.75, 3.05) is 5.88 Å². The predicted molar refractivity (Wildman–Crippen MR) is 78.4 cm³/mol. The molecule has 0 N–H and O–H groups in total. The Balaban J connectivity index is 2.06. The van der Waals surface area contributed by atoms with Gasteiger partial charge in [-0.2, -0.15) is 4.58 Å². The largest absolute Gasteiger partial charge is 0.207 e. The lowest BCUT2D eigenvalue weighted by Gasteiger charge is -2.13. The fourth-order valence-corrected chi connectivity index (χ4v) is 3.38. The van der Waals surface area contributed by atoms with Crippen LogP contribution in [0.4, 0.5) is 5.69 Å². The van der Waals surface area contributed by atoms with Crippen LogP contribution in [0.5, 0.6) is 0 Å². The molecular formula is C15H13ClNS+. The van der Waals surface area contributed by atoms with E-state index >= 15 is 0 Å². The van der Waals surface area contributed by atoms with Crippen LogP contribution in [0.2, 0.25) is 5.02 Å². The maximum Gasteiger partial charge on any atom is 0.207 e. The van der Waals surface area contributed by atoms with Crippen LogP contribution in [-0.2, 0) is 0 Å². The van der Waals surface area contributed by atoms with Gasteiger partial charge in [0, 0.05) is 22.1 Å². The molecule has 0 unspecified atom stereocenters. The Kier molecular flexibility index (Phi) is 3.14. The van der Waals surface area contributed by atoms with E-state index in [9.17, 15) is 0 Å². The second-order valence-electron chi connectivity index (χ2n) is 4.35. The van der Waals surface area contributed by atoms with Crippen molar-refractivity contribution in [3.05, 3.63) is 58.6 Å². The van der Waals surface area contributed by atoms with E-state index in [1.165, 1.54) is 16.0 Å². The molecule has 2 aromatic rings. The fraction of sp³-hybridized carbons (Fsp3) is 0.133. The second kappa shape index (κ2) is 4.79. The predicted octanol–water partition coefficient (Wildman–Crippen LogP) is 4.47. The van der Waals surface area contributed by atoms with Crippen LogP contribution in [0.3, 0.4) is 0 Å². The maximum absolute atomic E-state index is 6.04. The summed E-state index contributed by atoms with van der Waals surface area (Å²) in [6, 6.07) is 14.4. The van der Waals surface area contributed by atoms with Gasteiger partial charge >= 0.3 is 0 Å². The Labute approximate surface area is 116 Å².